The van der Waals surface area contributed by atoms with Crippen molar-refractivity contribution in [3.63, 3.8) is 0 Å². The van der Waals surface area contributed by atoms with Crippen LogP contribution < -0.4 is 14.4 Å². The summed E-state index contributed by atoms with van der Waals surface area (Å²) in [6.07, 6.45) is 4.05. The van der Waals surface area contributed by atoms with Gasteiger partial charge in [-0.1, -0.05) is 12.1 Å². The van der Waals surface area contributed by atoms with Gasteiger partial charge in [0.25, 0.3) is 0 Å². The van der Waals surface area contributed by atoms with Crippen LogP contribution in [0.2, 0.25) is 0 Å². The van der Waals surface area contributed by atoms with Gasteiger partial charge in [-0.05, 0) is 55.5 Å². The first-order chi connectivity index (χ1) is 16.0. The van der Waals surface area contributed by atoms with Gasteiger partial charge in [0.1, 0.15) is 17.3 Å². The molecule has 1 atom stereocenters. The van der Waals surface area contributed by atoms with Crippen LogP contribution >= 0.6 is 0 Å². The average Bonchev–Trinajstić information content (AvgIpc) is 3.31. The van der Waals surface area contributed by atoms with E-state index < -0.39 is 5.97 Å². The Morgan fingerprint density at radius 3 is 2.76 bits per heavy atom. The second-order valence-corrected chi connectivity index (χ2v) is 7.92. The van der Waals surface area contributed by atoms with E-state index in [0.717, 1.165) is 36.3 Å². The third-order valence-corrected chi connectivity index (χ3v) is 5.93. The SMILES string of the molecule is COc1ccc([C@@H]2CCCN2c2ncc(C(=O)O)c(CCc3cccc(F)c3)n2)c(OC)c1. The van der Waals surface area contributed by atoms with Gasteiger partial charge in [-0.3, -0.25) is 0 Å². The molecular formula is C25H26FN3O4. The number of halogens is 1. The van der Waals surface area contributed by atoms with Crippen molar-refractivity contribution in [3.8, 4) is 11.5 Å². The Hall–Kier alpha value is -3.68. The largest absolute Gasteiger partial charge is 0.497 e. The number of carbonyl (C=O) groups is 1. The van der Waals surface area contributed by atoms with Gasteiger partial charge in [0, 0.05) is 24.4 Å². The van der Waals surface area contributed by atoms with E-state index in [1.807, 2.05) is 24.3 Å². The van der Waals surface area contributed by atoms with E-state index in [2.05, 4.69) is 14.9 Å². The summed E-state index contributed by atoms with van der Waals surface area (Å²) in [5.74, 6) is 0.518. The number of ether oxygens (including phenoxy) is 2. The Balaban J connectivity index is 1.64. The zero-order valence-electron chi connectivity index (χ0n) is 18.6. The van der Waals surface area contributed by atoms with Crippen LogP contribution in [0.3, 0.4) is 0 Å². The van der Waals surface area contributed by atoms with E-state index in [9.17, 15) is 14.3 Å². The molecule has 1 aliphatic heterocycles. The summed E-state index contributed by atoms with van der Waals surface area (Å²) in [6.45, 7) is 0.746. The number of anilines is 1. The lowest BCUT2D eigenvalue weighted by atomic mass is 10.0. The van der Waals surface area contributed by atoms with Crippen molar-refractivity contribution in [1.29, 1.82) is 0 Å². The average molecular weight is 451 g/mol. The molecule has 0 amide bonds. The number of carboxylic acid groups (broad SMARTS) is 1. The van der Waals surface area contributed by atoms with E-state index in [-0.39, 0.29) is 17.4 Å². The van der Waals surface area contributed by atoms with Gasteiger partial charge in [0.15, 0.2) is 0 Å². The zero-order chi connectivity index (χ0) is 23.4. The van der Waals surface area contributed by atoms with Crippen LogP contribution in [0.15, 0.2) is 48.7 Å². The van der Waals surface area contributed by atoms with Gasteiger partial charge >= 0.3 is 5.97 Å². The first kappa shape index (κ1) is 22.5. The molecule has 2 heterocycles. The molecule has 8 heteroatoms. The van der Waals surface area contributed by atoms with Crippen molar-refractivity contribution in [2.24, 2.45) is 0 Å². The monoisotopic (exact) mass is 451 g/mol. The van der Waals surface area contributed by atoms with Crippen LogP contribution in [0.1, 0.15) is 46.1 Å². The van der Waals surface area contributed by atoms with Gasteiger partial charge < -0.3 is 19.5 Å². The molecule has 1 aliphatic rings. The summed E-state index contributed by atoms with van der Waals surface area (Å²) in [5, 5.41) is 9.63. The summed E-state index contributed by atoms with van der Waals surface area (Å²) < 4.78 is 24.4. The molecule has 0 saturated carbocycles. The van der Waals surface area contributed by atoms with Gasteiger partial charge in [0.2, 0.25) is 5.95 Å². The molecular weight excluding hydrogens is 425 g/mol. The number of hydrogen-bond donors (Lipinski definition) is 1. The van der Waals surface area contributed by atoms with Crippen LogP contribution in [0, 0.1) is 5.82 Å². The Bertz CT molecular complexity index is 1150. The highest BCUT2D eigenvalue weighted by atomic mass is 19.1. The molecule has 1 saturated heterocycles. The smallest absolute Gasteiger partial charge is 0.339 e. The summed E-state index contributed by atoms with van der Waals surface area (Å²) in [7, 11) is 3.24. The third-order valence-electron chi connectivity index (χ3n) is 5.93. The number of aromatic carboxylic acids is 1. The molecule has 7 nitrogen and oxygen atoms in total. The number of nitrogens with zero attached hydrogens (tertiary/aromatic N) is 3. The minimum absolute atomic E-state index is 0.00222. The van der Waals surface area contributed by atoms with Crippen molar-refractivity contribution < 1.29 is 23.8 Å². The molecule has 0 radical (unpaired) electrons. The van der Waals surface area contributed by atoms with Crippen LogP contribution in [0.25, 0.3) is 0 Å². The van der Waals surface area contributed by atoms with Gasteiger partial charge in [0.05, 0.1) is 31.5 Å². The van der Waals surface area contributed by atoms with Gasteiger partial charge in [-0.25, -0.2) is 19.2 Å². The summed E-state index contributed by atoms with van der Waals surface area (Å²) in [6, 6.07) is 12.0. The molecule has 3 aromatic rings. The maximum absolute atomic E-state index is 13.5. The Labute approximate surface area is 191 Å². The molecule has 1 aromatic heterocycles. The minimum atomic E-state index is -1.08. The first-order valence-corrected chi connectivity index (χ1v) is 10.8. The minimum Gasteiger partial charge on any atom is -0.497 e. The molecule has 1 N–H and O–H groups in total. The van der Waals surface area contributed by atoms with E-state index in [1.54, 1.807) is 20.3 Å². The molecule has 0 unspecified atom stereocenters. The highest BCUT2D eigenvalue weighted by Crippen LogP contribution is 2.40. The summed E-state index contributed by atoms with van der Waals surface area (Å²) in [4.78, 5) is 22.9. The van der Waals surface area contributed by atoms with Crippen molar-refractivity contribution in [3.05, 3.63) is 76.9 Å². The number of rotatable bonds is 8. The molecule has 172 valence electrons. The molecule has 0 bridgehead atoms. The molecule has 0 spiro atoms. The topological polar surface area (TPSA) is 84.8 Å². The van der Waals surface area contributed by atoms with E-state index in [0.29, 0.717) is 30.2 Å². The fourth-order valence-corrected chi connectivity index (χ4v) is 4.29. The van der Waals surface area contributed by atoms with E-state index in [4.69, 9.17) is 9.47 Å². The maximum Gasteiger partial charge on any atom is 0.339 e. The lowest BCUT2D eigenvalue weighted by Gasteiger charge is -2.27. The summed E-state index contributed by atoms with van der Waals surface area (Å²) >= 11 is 0. The zero-order valence-corrected chi connectivity index (χ0v) is 18.6. The standard InChI is InChI=1S/C25H26FN3O4/c1-32-18-9-10-19(23(14-18)33-2)22-7-4-12-29(22)25-27-15-20(24(30)31)21(28-25)11-8-16-5-3-6-17(26)13-16/h3,5-6,9-10,13-15,22H,4,7-8,11-12H2,1-2H3,(H,30,31)/t22-/m0/s1. The lowest BCUT2D eigenvalue weighted by Crippen LogP contribution is -2.26. The van der Waals surface area contributed by atoms with Crippen LogP contribution in [0.4, 0.5) is 10.3 Å². The van der Waals surface area contributed by atoms with Crippen LogP contribution in [-0.2, 0) is 12.8 Å². The van der Waals surface area contributed by atoms with Crippen molar-refractivity contribution >= 4 is 11.9 Å². The van der Waals surface area contributed by atoms with Gasteiger partial charge in [-0.2, -0.15) is 0 Å². The van der Waals surface area contributed by atoms with Crippen molar-refractivity contribution in [2.75, 3.05) is 25.7 Å². The first-order valence-electron chi connectivity index (χ1n) is 10.8. The van der Waals surface area contributed by atoms with Gasteiger partial charge in [-0.15, -0.1) is 0 Å². The predicted octanol–water partition coefficient (Wildman–Crippen LogP) is 4.46. The normalized spacial score (nSPS) is 15.5. The quantitative estimate of drug-likeness (QED) is 0.541. The Morgan fingerprint density at radius 2 is 2.03 bits per heavy atom. The summed E-state index contributed by atoms with van der Waals surface area (Å²) in [5.41, 5.74) is 2.29. The maximum atomic E-state index is 13.5. The highest BCUT2D eigenvalue weighted by molar-refractivity contribution is 5.88. The number of benzene rings is 2. The molecule has 2 aromatic carbocycles. The number of carboxylic acids is 1. The van der Waals surface area contributed by atoms with Crippen molar-refractivity contribution in [2.45, 2.75) is 31.7 Å². The number of aryl methyl sites for hydroxylation is 2. The second kappa shape index (κ2) is 9.85. The van der Waals surface area contributed by atoms with E-state index in [1.165, 1.54) is 18.3 Å². The highest BCUT2D eigenvalue weighted by Gasteiger charge is 2.31. The molecule has 33 heavy (non-hydrogen) atoms. The second-order valence-electron chi connectivity index (χ2n) is 7.92. The Kier molecular flexibility index (Phi) is 6.72. The number of hydrogen-bond acceptors (Lipinski definition) is 6. The van der Waals surface area contributed by atoms with Crippen LogP contribution in [-0.4, -0.2) is 41.8 Å². The Morgan fingerprint density at radius 1 is 1.18 bits per heavy atom. The third kappa shape index (κ3) is 4.89. The number of methoxy groups -OCH3 is 2. The molecule has 1 fully saturated rings. The predicted molar refractivity (Wildman–Crippen MR) is 122 cm³/mol. The van der Waals surface area contributed by atoms with Crippen molar-refractivity contribution in [1.82, 2.24) is 9.97 Å². The molecule has 4 rings (SSSR count). The lowest BCUT2D eigenvalue weighted by molar-refractivity contribution is 0.0694. The van der Waals surface area contributed by atoms with Crippen LogP contribution in [0.5, 0.6) is 11.5 Å². The van der Waals surface area contributed by atoms with E-state index >= 15 is 0 Å². The number of aromatic nitrogens is 2. The fourth-order valence-electron chi connectivity index (χ4n) is 4.29. The molecule has 0 aliphatic carbocycles. The fraction of sp³-hybridized carbons (Fsp3) is 0.320.